The van der Waals surface area contributed by atoms with E-state index >= 15 is 0 Å². The van der Waals surface area contributed by atoms with E-state index in [1.165, 1.54) is 56.4 Å². The molecule has 0 saturated carbocycles. The van der Waals surface area contributed by atoms with Crippen LogP contribution < -0.4 is 26.0 Å². The number of aromatic nitrogens is 3. The fraction of sp³-hybridized carbons (Fsp3) is 0.413. The monoisotopic (exact) mass is 779 g/mol. The predicted molar refractivity (Wildman–Crippen MR) is 229 cm³/mol. The van der Waals surface area contributed by atoms with Crippen LogP contribution in [0.25, 0.3) is 22.0 Å². The Morgan fingerprint density at radius 1 is 0.845 bits per heavy atom. The number of carbonyl (C=O) groups is 2. The summed E-state index contributed by atoms with van der Waals surface area (Å²) in [4.78, 5) is 42.9. The molecule has 3 saturated heterocycles. The smallest absolute Gasteiger partial charge is 0.249 e. The standard InChI is InChI=1S/C46H53N9O3/c1-30-39(28-48-45-43(30)47-19-25-58-45)35-4-5-36-27-49-46(52-41(36)26-35)51-38-8-2-31(3-9-38)14-20-54-21-15-32(16-22-54)29-55-23-17-34(18-24-55)33-6-10-37(11-7-33)50-40-12-13-42(56)53-44(40)57/h2-11,26-28,32,34,40,47,50H,12-25,29H2,1H3,(H,49,51,52)(H,53,56,57). The van der Waals surface area contributed by atoms with Crippen molar-refractivity contribution in [1.29, 1.82) is 0 Å². The van der Waals surface area contributed by atoms with Gasteiger partial charge in [-0.2, -0.15) is 0 Å². The van der Waals surface area contributed by atoms with Crippen molar-refractivity contribution in [3.05, 3.63) is 95.8 Å². The molecule has 0 spiro atoms. The highest BCUT2D eigenvalue weighted by molar-refractivity contribution is 6.01. The number of hydrogen-bond acceptors (Lipinski definition) is 11. The number of pyridine rings is 1. The number of nitrogens with zero attached hydrogens (tertiary/aromatic N) is 5. The third-order valence-electron chi connectivity index (χ3n) is 12.5. The maximum Gasteiger partial charge on any atom is 0.249 e. The zero-order chi connectivity index (χ0) is 39.4. The van der Waals surface area contributed by atoms with Gasteiger partial charge >= 0.3 is 0 Å². The molecule has 0 aliphatic carbocycles. The quantitative estimate of drug-likeness (QED) is 0.104. The van der Waals surface area contributed by atoms with Crippen molar-refractivity contribution in [1.82, 2.24) is 30.1 Å². The van der Waals surface area contributed by atoms with Gasteiger partial charge in [-0.15, -0.1) is 0 Å². The molecule has 4 aliphatic rings. The lowest BCUT2D eigenvalue weighted by Crippen LogP contribution is -2.47. The second-order valence-electron chi connectivity index (χ2n) is 16.4. The minimum Gasteiger partial charge on any atom is -0.474 e. The third-order valence-corrected chi connectivity index (χ3v) is 12.5. The van der Waals surface area contributed by atoms with Gasteiger partial charge in [0.25, 0.3) is 0 Å². The van der Waals surface area contributed by atoms with E-state index in [1.54, 1.807) is 0 Å². The molecule has 9 rings (SSSR count). The van der Waals surface area contributed by atoms with E-state index in [-0.39, 0.29) is 17.9 Å². The van der Waals surface area contributed by atoms with E-state index in [2.05, 4.69) is 115 Å². The first-order valence-corrected chi connectivity index (χ1v) is 21.0. The Morgan fingerprint density at radius 2 is 1.62 bits per heavy atom. The van der Waals surface area contributed by atoms with Crippen molar-refractivity contribution >= 4 is 45.7 Å². The molecule has 4 aliphatic heterocycles. The van der Waals surface area contributed by atoms with Gasteiger partial charge in [0, 0.05) is 60.8 Å². The number of ether oxygens (including phenoxy) is 1. The lowest BCUT2D eigenvalue weighted by Gasteiger charge is -2.38. The molecule has 58 heavy (non-hydrogen) atoms. The molecule has 12 nitrogen and oxygen atoms in total. The Labute approximate surface area is 340 Å². The number of nitrogens with one attached hydrogen (secondary N) is 4. The van der Waals surface area contributed by atoms with Crippen LogP contribution >= 0.6 is 0 Å². The van der Waals surface area contributed by atoms with Gasteiger partial charge in [0.2, 0.25) is 23.6 Å². The first-order valence-electron chi connectivity index (χ1n) is 21.0. The SMILES string of the molecule is Cc1c(-c2ccc3cnc(Nc4ccc(CCN5CCC(CN6CCC(c7ccc(NC8CCC(=O)NC8=O)cc7)CC6)CC5)cc4)nc3c2)cnc2c1NCCO2. The minimum atomic E-state index is -0.348. The number of carbonyl (C=O) groups excluding carboxylic acids is 2. The van der Waals surface area contributed by atoms with Crippen molar-refractivity contribution in [2.75, 3.05) is 68.4 Å². The van der Waals surface area contributed by atoms with Crippen molar-refractivity contribution in [3.63, 3.8) is 0 Å². The first-order chi connectivity index (χ1) is 28.4. The van der Waals surface area contributed by atoms with Crippen LogP contribution in [0, 0.1) is 12.8 Å². The van der Waals surface area contributed by atoms with Crippen LogP contribution in [0.5, 0.6) is 5.88 Å². The molecule has 1 unspecified atom stereocenters. The molecule has 2 amide bonds. The Morgan fingerprint density at radius 3 is 2.41 bits per heavy atom. The number of likely N-dealkylation sites (tertiary alicyclic amines) is 2. The molecule has 0 radical (unpaired) electrons. The van der Waals surface area contributed by atoms with Gasteiger partial charge in [-0.05, 0) is 136 Å². The fourth-order valence-corrected chi connectivity index (χ4v) is 9.02. The second-order valence-corrected chi connectivity index (χ2v) is 16.4. The minimum absolute atomic E-state index is 0.187. The highest BCUT2D eigenvalue weighted by Gasteiger charge is 2.28. The Hall–Kier alpha value is -5.59. The van der Waals surface area contributed by atoms with E-state index in [0.29, 0.717) is 37.2 Å². The molecule has 1 atom stereocenters. The maximum absolute atomic E-state index is 12.1. The van der Waals surface area contributed by atoms with Crippen LogP contribution in [0.2, 0.25) is 0 Å². The van der Waals surface area contributed by atoms with E-state index in [4.69, 9.17) is 9.72 Å². The van der Waals surface area contributed by atoms with Gasteiger partial charge in [-0.25, -0.2) is 15.0 Å². The zero-order valence-corrected chi connectivity index (χ0v) is 33.3. The van der Waals surface area contributed by atoms with E-state index in [9.17, 15) is 9.59 Å². The normalized spacial score (nSPS) is 19.6. The number of hydrogen-bond donors (Lipinski definition) is 4. The van der Waals surface area contributed by atoms with Crippen molar-refractivity contribution < 1.29 is 14.3 Å². The van der Waals surface area contributed by atoms with Crippen LogP contribution in [0.1, 0.15) is 61.1 Å². The van der Waals surface area contributed by atoms with Gasteiger partial charge in [-0.1, -0.05) is 36.4 Å². The summed E-state index contributed by atoms with van der Waals surface area (Å²) in [6.45, 7) is 10.5. The summed E-state index contributed by atoms with van der Waals surface area (Å²) >= 11 is 0. The maximum atomic E-state index is 12.1. The molecule has 3 fully saturated rings. The predicted octanol–water partition coefficient (Wildman–Crippen LogP) is 6.90. The van der Waals surface area contributed by atoms with Crippen molar-refractivity contribution in [2.24, 2.45) is 5.92 Å². The number of rotatable bonds is 11. The summed E-state index contributed by atoms with van der Waals surface area (Å²) in [7, 11) is 0. The van der Waals surface area contributed by atoms with Crippen molar-refractivity contribution in [3.8, 4) is 17.0 Å². The third kappa shape index (κ3) is 8.78. The molecule has 300 valence electrons. The highest BCUT2D eigenvalue weighted by atomic mass is 16.5. The Balaban J connectivity index is 0.700. The van der Waals surface area contributed by atoms with Gasteiger partial charge in [0.15, 0.2) is 0 Å². The number of imide groups is 1. The lowest BCUT2D eigenvalue weighted by atomic mass is 9.88. The van der Waals surface area contributed by atoms with E-state index in [0.717, 1.165) is 83.2 Å². The number of amides is 2. The van der Waals surface area contributed by atoms with Crippen LogP contribution in [-0.2, 0) is 16.0 Å². The van der Waals surface area contributed by atoms with Crippen molar-refractivity contribution in [2.45, 2.75) is 63.8 Å². The molecule has 0 bridgehead atoms. The number of anilines is 4. The summed E-state index contributed by atoms with van der Waals surface area (Å²) in [5.41, 5.74) is 9.71. The second kappa shape index (κ2) is 17.1. The highest BCUT2D eigenvalue weighted by Crippen LogP contribution is 2.36. The van der Waals surface area contributed by atoms with Gasteiger partial charge < -0.3 is 30.5 Å². The number of benzene rings is 3. The number of fused-ring (bicyclic) bond motifs is 2. The lowest BCUT2D eigenvalue weighted by molar-refractivity contribution is -0.133. The van der Waals surface area contributed by atoms with Crippen LogP contribution in [0.15, 0.2) is 79.1 Å². The average molecular weight is 780 g/mol. The molecule has 5 aromatic rings. The van der Waals surface area contributed by atoms with Gasteiger partial charge in [0.05, 0.1) is 5.52 Å². The van der Waals surface area contributed by atoms with E-state index in [1.807, 2.05) is 12.4 Å². The molecule has 2 aromatic heterocycles. The summed E-state index contributed by atoms with van der Waals surface area (Å²) in [5.74, 6) is 2.18. The zero-order valence-electron chi connectivity index (χ0n) is 33.3. The topological polar surface area (TPSA) is 137 Å². The Kier molecular flexibility index (Phi) is 11.2. The van der Waals surface area contributed by atoms with Gasteiger partial charge in [-0.3, -0.25) is 14.9 Å². The number of piperidine rings is 3. The Bertz CT molecular complexity index is 2250. The van der Waals surface area contributed by atoms with Crippen LogP contribution in [-0.4, -0.2) is 95.0 Å². The largest absolute Gasteiger partial charge is 0.474 e. The summed E-state index contributed by atoms with van der Waals surface area (Å²) in [6, 6.07) is 23.2. The van der Waals surface area contributed by atoms with E-state index < -0.39 is 0 Å². The molecule has 6 heterocycles. The summed E-state index contributed by atoms with van der Waals surface area (Å²) in [6.07, 6.45) is 10.6. The van der Waals surface area contributed by atoms with Crippen LogP contribution in [0.3, 0.4) is 0 Å². The van der Waals surface area contributed by atoms with Crippen LogP contribution in [0.4, 0.5) is 23.0 Å². The molecule has 3 aromatic carbocycles. The molecular formula is C46H53N9O3. The average Bonchev–Trinajstić information content (AvgIpc) is 3.25. The molecular weight excluding hydrogens is 727 g/mol. The molecule has 4 N–H and O–H groups in total. The first kappa shape index (κ1) is 38.0. The fourth-order valence-electron chi connectivity index (χ4n) is 9.02. The van der Waals surface area contributed by atoms with Gasteiger partial charge in [0.1, 0.15) is 18.3 Å². The summed E-state index contributed by atoms with van der Waals surface area (Å²) < 4.78 is 5.72. The molecule has 12 heteroatoms. The summed E-state index contributed by atoms with van der Waals surface area (Å²) in [5, 5.41) is 13.5.